The maximum Gasteiger partial charge on any atom is 0.253 e. The van der Waals surface area contributed by atoms with Gasteiger partial charge in [0.25, 0.3) is 5.91 Å². The Labute approximate surface area is 159 Å². The highest BCUT2D eigenvalue weighted by atomic mass is 16.6. The summed E-state index contributed by atoms with van der Waals surface area (Å²) in [5.41, 5.74) is 1.13. The quantitative estimate of drug-likeness (QED) is 0.901. The first-order valence-electron chi connectivity index (χ1n) is 8.82. The first kappa shape index (κ1) is 18.8. The molecule has 3 rings (SSSR count). The van der Waals surface area contributed by atoms with E-state index in [4.69, 9.17) is 9.47 Å². The predicted octanol–water partition coefficient (Wildman–Crippen LogP) is 3.08. The number of rotatable bonds is 4. The Balaban J connectivity index is 1.81. The number of nitrogens with zero attached hydrogens (tertiary/aromatic N) is 1. The summed E-state index contributed by atoms with van der Waals surface area (Å²) in [5.74, 6) is 1.06. The minimum Gasteiger partial charge on any atom is -0.486 e. The summed E-state index contributed by atoms with van der Waals surface area (Å²) in [6.07, 6.45) is 0. The fraction of sp³-hybridized carbons (Fsp3) is 0.333. The summed E-state index contributed by atoms with van der Waals surface area (Å²) >= 11 is 0. The molecule has 1 heterocycles. The van der Waals surface area contributed by atoms with E-state index >= 15 is 0 Å². The molecule has 0 atom stereocenters. The van der Waals surface area contributed by atoms with Gasteiger partial charge in [-0.05, 0) is 49.7 Å². The van der Waals surface area contributed by atoms with E-state index < -0.39 is 5.41 Å². The second kappa shape index (κ2) is 7.31. The number of hydrogen-bond donors (Lipinski definition) is 1. The third kappa shape index (κ3) is 3.89. The van der Waals surface area contributed by atoms with Crippen LogP contribution in [0, 0.1) is 0 Å². The minimum atomic E-state index is -0.794. The van der Waals surface area contributed by atoms with E-state index in [1.165, 1.54) is 4.90 Å². The fourth-order valence-electron chi connectivity index (χ4n) is 2.84. The smallest absolute Gasteiger partial charge is 0.253 e. The second-order valence-electron chi connectivity index (χ2n) is 7.22. The van der Waals surface area contributed by atoms with E-state index in [1.807, 2.05) is 32.0 Å². The lowest BCUT2D eigenvalue weighted by molar-refractivity contribution is -0.120. The molecule has 2 aromatic carbocycles. The van der Waals surface area contributed by atoms with Gasteiger partial charge in [-0.2, -0.15) is 0 Å². The van der Waals surface area contributed by atoms with Crippen LogP contribution in [0.4, 0.5) is 5.69 Å². The molecule has 0 aliphatic carbocycles. The number of nitrogens with one attached hydrogen (secondary N) is 1. The maximum atomic E-state index is 12.9. The molecule has 2 aromatic rings. The van der Waals surface area contributed by atoms with Crippen LogP contribution in [0.2, 0.25) is 0 Å². The van der Waals surface area contributed by atoms with Gasteiger partial charge in [0.05, 0.1) is 5.41 Å². The number of benzene rings is 2. The van der Waals surface area contributed by atoms with Gasteiger partial charge in [0.2, 0.25) is 5.91 Å². The van der Waals surface area contributed by atoms with E-state index in [-0.39, 0.29) is 11.8 Å². The van der Waals surface area contributed by atoms with Crippen molar-refractivity contribution in [3.8, 4) is 11.5 Å². The van der Waals surface area contributed by atoms with Crippen LogP contribution in [0.1, 0.15) is 29.8 Å². The summed E-state index contributed by atoms with van der Waals surface area (Å²) in [4.78, 5) is 26.6. The zero-order valence-electron chi connectivity index (χ0n) is 16.0. The SMILES string of the molecule is CN(C)C(=O)c1cccc(NC(=O)C(C)(C)c2ccc3c(c2)OCCO3)c1. The molecule has 0 aromatic heterocycles. The Bertz CT molecular complexity index is 874. The maximum absolute atomic E-state index is 12.9. The van der Waals surface area contributed by atoms with Crippen LogP contribution in [0.15, 0.2) is 42.5 Å². The van der Waals surface area contributed by atoms with Crippen molar-refractivity contribution < 1.29 is 19.1 Å². The standard InChI is InChI=1S/C21H24N2O4/c1-21(2,15-8-9-17-18(13-15)27-11-10-26-17)20(25)22-16-7-5-6-14(12-16)19(24)23(3)4/h5-9,12-13H,10-11H2,1-4H3,(H,22,25). The molecule has 0 radical (unpaired) electrons. The van der Waals surface area contributed by atoms with Crippen molar-refractivity contribution in [3.63, 3.8) is 0 Å². The lowest BCUT2D eigenvalue weighted by Gasteiger charge is -2.26. The predicted molar refractivity (Wildman–Crippen MR) is 104 cm³/mol. The molecule has 6 nitrogen and oxygen atoms in total. The first-order valence-corrected chi connectivity index (χ1v) is 8.82. The van der Waals surface area contributed by atoms with E-state index in [2.05, 4.69) is 5.32 Å². The zero-order valence-corrected chi connectivity index (χ0v) is 16.0. The van der Waals surface area contributed by atoms with Gasteiger partial charge < -0.3 is 19.7 Å². The lowest BCUT2D eigenvalue weighted by atomic mass is 9.83. The summed E-state index contributed by atoms with van der Waals surface area (Å²) in [7, 11) is 3.39. The first-order chi connectivity index (χ1) is 12.8. The number of carbonyl (C=O) groups excluding carboxylic acids is 2. The highest BCUT2D eigenvalue weighted by Gasteiger charge is 2.31. The number of ether oxygens (including phenoxy) is 2. The molecule has 6 heteroatoms. The molecular formula is C21H24N2O4. The summed E-state index contributed by atoms with van der Waals surface area (Å²) < 4.78 is 11.2. The Morgan fingerprint density at radius 3 is 2.41 bits per heavy atom. The molecule has 0 saturated carbocycles. The van der Waals surface area contributed by atoms with Gasteiger partial charge in [-0.15, -0.1) is 0 Å². The molecular weight excluding hydrogens is 344 g/mol. The number of fused-ring (bicyclic) bond motifs is 1. The number of carbonyl (C=O) groups is 2. The number of hydrogen-bond acceptors (Lipinski definition) is 4. The molecule has 0 fully saturated rings. The average molecular weight is 368 g/mol. The number of amides is 2. The molecule has 1 N–H and O–H groups in total. The van der Waals surface area contributed by atoms with Crippen molar-refractivity contribution >= 4 is 17.5 Å². The Hall–Kier alpha value is -3.02. The van der Waals surface area contributed by atoms with Crippen molar-refractivity contribution in [2.75, 3.05) is 32.6 Å². The van der Waals surface area contributed by atoms with Gasteiger partial charge >= 0.3 is 0 Å². The van der Waals surface area contributed by atoms with E-state index in [0.717, 1.165) is 5.56 Å². The molecule has 0 bridgehead atoms. The molecule has 142 valence electrons. The molecule has 2 amide bonds. The third-order valence-corrected chi connectivity index (χ3v) is 4.61. The summed E-state index contributed by atoms with van der Waals surface area (Å²) in [6.45, 7) is 4.72. The average Bonchev–Trinajstić information content (AvgIpc) is 2.67. The highest BCUT2D eigenvalue weighted by molar-refractivity contribution is 6.00. The van der Waals surface area contributed by atoms with Crippen LogP contribution >= 0.6 is 0 Å². The van der Waals surface area contributed by atoms with Crippen LogP contribution in [-0.2, 0) is 10.2 Å². The molecule has 1 aliphatic heterocycles. The summed E-state index contributed by atoms with van der Waals surface area (Å²) in [6, 6.07) is 12.5. The minimum absolute atomic E-state index is 0.114. The van der Waals surface area contributed by atoms with Gasteiger partial charge in [0, 0.05) is 25.3 Å². The molecule has 0 unspecified atom stereocenters. The number of anilines is 1. The largest absolute Gasteiger partial charge is 0.486 e. The summed E-state index contributed by atoms with van der Waals surface area (Å²) in [5, 5.41) is 2.91. The van der Waals surface area contributed by atoms with Gasteiger partial charge in [-0.25, -0.2) is 0 Å². The normalized spacial score (nSPS) is 13.0. The van der Waals surface area contributed by atoms with Crippen LogP contribution < -0.4 is 14.8 Å². The van der Waals surface area contributed by atoms with Crippen LogP contribution in [-0.4, -0.2) is 44.0 Å². The van der Waals surface area contributed by atoms with E-state index in [1.54, 1.807) is 38.4 Å². The van der Waals surface area contributed by atoms with E-state index in [9.17, 15) is 9.59 Å². The molecule has 27 heavy (non-hydrogen) atoms. The van der Waals surface area contributed by atoms with Crippen LogP contribution in [0.3, 0.4) is 0 Å². The Kier molecular flexibility index (Phi) is 5.08. The Morgan fingerprint density at radius 2 is 1.70 bits per heavy atom. The van der Waals surface area contributed by atoms with Crippen LogP contribution in [0.5, 0.6) is 11.5 Å². The van der Waals surface area contributed by atoms with Crippen molar-refractivity contribution in [3.05, 3.63) is 53.6 Å². The van der Waals surface area contributed by atoms with Crippen LogP contribution in [0.25, 0.3) is 0 Å². The molecule has 0 saturated heterocycles. The van der Waals surface area contributed by atoms with Crippen molar-refractivity contribution in [2.45, 2.75) is 19.3 Å². The lowest BCUT2D eigenvalue weighted by Crippen LogP contribution is -2.35. The molecule has 0 spiro atoms. The van der Waals surface area contributed by atoms with Crippen molar-refractivity contribution in [2.24, 2.45) is 0 Å². The van der Waals surface area contributed by atoms with Gasteiger partial charge in [0.1, 0.15) is 13.2 Å². The van der Waals surface area contributed by atoms with Crippen molar-refractivity contribution in [1.29, 1.82) is 0 Å². The van der Waals surface area contributed by atoms with Gasteiger partial charge in [0.15, 0.2) is 11.5 Å². The highest BCUT2D eigenvalue weighted by Crippen LogP contribution is 2.35. The molecule has 1 aliphatic rings. The fourth-order valence-corrected chi connectivity index (χ4v) is 2.84. The Morgan fingerprint density at radius 1 is 1.00 bits per heavy atom. The van der Waals surface area contributed by atoms with Crippen molar-refractivity contribution in [1.82, 2.24) is 4.90 Å². The zero-order chi connectivity index (χ0) is 19.6. The monoisotopic (exact) mass is 368 g/mol. The topological polar surface area (TPSA) is 67.9 Å². The van der Waals surface area contributed by atoms with Gasteiger partial charge in [-0.3, -0.25) is 9.59 Å². The second-order valence-corrected chi connectivity index (χ2v) is 7.22. The van der Waals surface area contributed by atoms with Gasteiger partial charge in [-0.1, -0.05) is 12.1 Å². The third-order valence-electron chi connectivity index (χ3n) is 4.61. The van der Waals surface area contributed by atoms with E-state index in [0.29, 0.717) is 36.0 Å².